The minimum atomic E-state index is -0.443. The molecule has 0 fully saturated rings. The summed E-state index contributed by atoms with van der Waals surface area (Å²) in [5, 5.41) is 12.5. The Hall–Kier alpha value is -2.48. The molecule has 0 radical (unpaired) electrons. The van der Waals surface area contributed by atoms with Crippen molar-refractivity contribution in [3.05, 3.63) is 65.2 Å². The lowest BCUT2D eigenvalue weighted by Crippen LogP contribution is -2.23. The highest BCUT2D eigenvalue weighted by Crippen LogP contribution is 2.32. The summed E-state index contributed by atoms with van der Waals surface area (Å²) in [4.78, 5) is 12.7. The minimum absolute atomic E-state index is 0.203. The highest BCUT2D eigenvalue weighted by atomic mass is 35.5. The molecule has 0 aliphatic heterocycles. The average Bonchev–Trinajstić information content (AvgIpc) is 3.09. The molecule has 1 N–H and O–H groups in total. The quantitative estimate of drug-likeness (QED) is 0.350. The number of nitrogens with zero attached hydrogens (tertiary/aromatic N) is 3. The van der Waals surface area contributed by atoms with E-state index < -0.39 is 5.25 Å². The van der Waals surface area contributed by atoms with Crippen LogP contribution in [0.4, 0.5) is 5.69 Å². The molecular weight excluding hydrogens is 443 g/mol. The number of rotatable bonds is 8. The Morgan fingerprint density at radius 3 is 2.63 bits per heavy atom. The average molecular weight is 463 g/mol. The largest absolute Gasteiger partial charge is 0.496 e. The maximum atomic E-state index is 12.7. The normalized spacial score (nSPS) is 11.7. The number of hydrogen-bond donors (Lipinski definition) is 1. The molecule has 30 heavy (non-hydrogen) atoms. The van der Waals surface area contributed by atoms with E-state index in [4.69, 9.17) is 27.9 Å². The molecule has 0 saturated heterocycles. The van der Waals surface area contributed by atoms with Gasteiger partial charge in [0, 0.05) is 22.3 Å². The number of aromatic nitrogens is 3. The number of ether oxygens (including phenoxy) is 1. The molecule has 0 spiro atoms. The molecule has 9 heteroatoms. The van der Waals surface area contributed by atoms with E-state index >= 15 is 0 Å². The summed E-state index contributed by atoms with van der Waals surface area (Å²) in [6.07, 6.45) is 1.76. The van der Waals surface area contributed by atoms with Crippen LogP contribution in [0.25, 0.3) is 11.4 Å². The number of halogens is 2. The highest BCUT2D eigenvalue weighted by Gasteiger charge is 2.22. The van der Waals surface area contributed by atoms with Gasteiger partial charge in [0.05, 0.1) is 17.9 Å². The Labute approximate surface area is 189 Å². The van der Waals surface area contributed by atoms with Crippen molar-refractivity contribution in [2.75, 3.05) is 12.4 Å². The second-order valence-corrected chi connectivity index (χ2v) is 8.49. The molecule has 0 bridgehead atoms. The number of methoxy groups -OCH3 is 1. The van der Waals surface area contributed by atoms with Crippen LogP contribution in [0.3, 0.4) is 0 Å². The fraction of sp³-hybridized carbons (Fsp3) is 0.190. The third kappa shape index (κ3) is 5.16. The van der Waals surface area contributed by atoms with E-state index in [1.165, 1.54) is 11.8 Å². The van der Waals surface area contributed by atoms with Crippen LogP contribution in [0.1, 0.15) is 6.92 Å². The topological polar surface area (TPSA) is 69.0 Å². The molecule has 1 atom stereocenters. The lowest BCUT2D eigenvalue weighted by Gasteiger charge is -2.14. The third-order valence-corrected chi connectivity index (χ3v) is 5.67. The molecule has 1 amide bonds. The summed E-state index contributed by atoms with van der Waals surface area (Å²) in [6, 6.07) is 12.5. The second-order valence-electron chi connectivity index (χ2n) is 6.31. The van der Waals surface area contributed by atoms with Crippen molar-refractivity contribution in [2.45, 2.75) is 23.9 Å². The van der Waals surface area contributed by atoms with Crippen molar-refractivity contribution < 1.29 is 9.53 Å². The van der Waals surface area contributed by atoms with Gasteiger partial charge in [0.1, 0.15) is 5.75 Å². The molecule has 3 rings (SSSR count). The number of benzene rings is 2. The number of para-hydroxylation sites is 1. The molecule has 1 unspecified atom stereocenters. The smallest absolute Gasteiger partial charge is 0.237 e. The summed E-state index contributed by atoms with van der Waals surface area (Å²) in [5.41, 5.74) is 1.35. The molecule has 0 saturated carbocycles. The Kier molecular flexibility index (Phi) is 7.42. The van der Waals surface area contributed by atoms with Crippen LogP contribution >= 0.6 is 35.0 Å². The van der Waals surface area contributed by atoms with Gasteiger partial charge >= 0.3 is 0 Å². The van der Waals surface area contributed by atoms with Crippen LogP contribution in [0, 0.1) is 0 Å². The van der Waals surface area contributed by atoms with Gasteiger partial charge in [-0.3, -0.25) is 9.36 Å². The number of anilines is 1. The van der Waals surface area contributed by atoms with Crippen LogP contribution < -0.4 is 10.1 Å². The molecule has 3 aromatic rings. The zero-order valence-corrected chi connectivity index (χ0v) is 18.8. The summed E-state index contributed by atoms with van der Waals surface area (Å²) in [7, 11) is 1.61. The lowest BCUT2D eigenvalue weighted by molar-refractivity contribution is -0.115. The standard InChI is InChI=1S/C21H20Cl2N4O2S/c1-4-9-27-19(17-7-5-6-8-18(17)29-3)25-26-21(27)30-13(2)20(28)24-16-11-14(22)10-15(23)12-16/h4-8,10-13H,1,9H2,2-3H3,(H,24,28). The molecular formula is C21H20Cl2N4O2S. The van der Waals surface area contributed by atoms with Crippen LogP contribution in [0.5, 0.6) is 5.75 Å². The summed E-state index contributed by atoms with van der Waals surface area (Å²) in [5.74, 6) is 1.13. The van der Waals surface area contributed by atoms with E-state index in [2.05, 4.69) is 22.1 Å². The number of allylic oxidation sites excluding steroid dienone is 1. The van der Waals surface area contributed by atoms with E-state index in [1.807, 2.05) is 28.8 Å². The minimum Gasteiger partial charge on any atom is -0.496 e. The van der Waals surface area contributed by atoms with Gasteiger partial charge in [-0.15, -0.1) is 16.8 Å². The maximum Gasteiger partial charge on any atom is 0.237 e. The van der Waals surface area contributed by atoms with Crippen molar-refractivity contribution >= 4 is 46.6 Å². The van der Waals surface area contributed by atoms with Gasteiger partial charge < -0.3 is 10.1 Å². The van der Waals surface area contributed by atoms with Crippen molar-refractivity contribution in [2.24, 2.45) is 0 Å². The summed E-state index contributed by atoms with van der Waals surface area (Å²) < 4.78 is 7.35. The highest BCUT2D eigenvalue weighted by molar-refractivity contribution is 8.00. The van der Waals surface area contributed by atoms with Gasteiger partial charge in [0.2, 0.25) is 5.91 Å². The third-order valence-electron chi connectivity index (χ3n) is 4.16. The maximum absolute atomic E-state index is 12.7. The zero-order valence-electron chi connectivity index (χ0n) is 16.4. The van der Waals surface area contributed by atoms with Gasteiger partial charge in [-0.25, -0.2) is 0 Å². The van der Waals surface area contributed by atoms with Crippen LogP contribution in [-0.2, 0) is 11.3 Å². The molecule has 0 aliphatic carbocycles. The van der Waals surface area contributed by atoms with Crippen molar-refractivity contribution in [3.8, 4) is 17.1 Å². The number of carbonyl (C=O) groups is 1. The first kappa shape index (κ1) is 22.2. The zero-order chi connectivity index (χ0) is 21.7. The Morgan fingerprint density at radius 1 is 1.27 bits per heavy atom. The molecule has 0 aliphatic rings. The number of nitrogens with one attached hydrogen (secondary N) is 1. The molecule has 2 aromatic carbocycles. The number of hydrogen-bond acceptors (Lipinski definition) is 5. The van der Waals surface area contributed by atoms with Gasteiger partial charge in [-0.05, 0) is 37.3 Å². The van der Waals surface area contributed by atoms with E-state index in [0.29, 0.717) is 39.0 Å². The predicted molar refractivity (Wildman–Crippen MR) is 123 cm³/mol. The number of amides is 1. The van der Waals surface area contributed by atoms with Crippen LogP contribution in [0.2, 0.25) is 10.0 Å². The SMILES string of the molecule is C=CCn1c(SC(C)C(=O)Nc2cc(Cl)cc(Cl)c2)nnc1-c1ccccc1OC. The van der Waals surface area contributed by atoms with Gasteiger partial charge in [0.15, 0.2) is 11.0 Å². The van der Waals surface area contributed by atoms with E-state index in [-0.39, 0.29) is 5.91 Å². The Balaban J connectivity index is 1.82. The fourth-order valence-electron chi connectivity index (χ4n) is 2.78. The molecule has 1 aromatic heterocycles. The van der Waals surface area contributed by atoms with E-state index in [1.54, 1.807) is 38.3 Å². The first-order valence-electron chi connectivity index (χ1n) is 9.04. The predicted octanol–water partition coefficient (Wildman–Crippen LogP) is 5.57. The second kappa shape index (κ2) is 10.0. The number of carbonyl (C=O) groups excluding carboxylic acids is 1. The van der Waals surface area contributed by atoms with Gasteiger partial charge in [-0.2, -0.15) is 0 Å². The van der Waals surface area contributed by atoms with E-state index in [9.17, 15) is 4.79 Å². The number of thioether (sulfide) groups is 1. The lowest BCUT2D eigenvalue weighted by atomic mass is 10.2. The first-order valence-corrected chi connectivity index (χ1v) is 10.7. The van der Waals surface area contributed by atoms with Crippen molar-refractivity contribution in [1.82, 2.24) is 14.8 Å². The molecule has 156 valence electrons. The van der Waals surface area contributed by atoms with E-state index in [0.717, 1.165) is 5.56 Å². The van der Waals surface area contributed by atoms with Crippen molar-refractivity contribution in [3.63, 3.8) is 0 Å². The van der Waals surface area contributed by atoms with Gasteiger partial charge in [-0.1, -0.05) is 53.2 Å². The fourth-order valence-corrected chi connectivity index (χ4v) is 4.16. The molecule has 1 heterocycles. The Morgan fingerprint density at radius 2 is 1.97 bits per heavy atom. The Bertz CT molecular complexity index is 1050. The van der Waals surface area contributed by atoms with Crippen LogP contribution in [-0.4, -0.2) is 33.0 Å². The summed E-state index contributed by atoms with van der Waals surface area (Å²) >= 11 is 13.3. The molecule has 6 nitrogen and oxygen atoms in total. The summed E-state index contributed by atoms with van der Waals surface area (Å²) in [6.45, 7) is 6.10. The monoisotopic (exact) mass is 462 g/mol. The van der Waals surface area contributed by atoms with Crippen molar-refractivity contribution in [1.29, 1.82) is 0 Å². The van der Waals surface area contributed by atoms with Crippen LogP contribution in [0.15, 0.2) is 60.3 Å². The van der Waals surface area contributed by atoms with Gasteiger partial charge in [0.25, 0.3) is 0 Å². The first-order chi connectivity index (χ1) is 14.4.